The molecule has 0 unspecified atom stereocenters. The fourth-order valence-electron chi connectivity index (χ4n) is 7.72. The number of rotatable bonds is 1. The maximum atomic E-state index is 2.70. The molecule has 4 rings (SSSR count). The Morgan fingerprint density at radius 3 is 2.64 bits per heavy atom. The van der Waals surface area contributed by atoms with Gasteiger partial charge in [-0.05, 0) is 92.3 Å². The van der Waals surface area contributed by atoms with E-state index in [0.717, 1.165) is 23.7 Å². The zero-order chi connectivity index (χ0) is 15.4. The molecule has 0 nitrogen and oxygen atoms in total. The molecule has 0 amide bonds. The van der Waals surface area contributed by atoms with Crippen molar-refractivity contribution in [1.29, 1.82) is 0 Å². The van der Waals surface area contributed by atoms with Gasteiger partial charge in [-0.2, -0.15) is 0 Å². The fraction of sp³-hybridized carbons (Fsp3) is 0.909. The number of hydrogen-bond acceptors (Lipinski definition) is 0. The van der Waals surface area contributed by atoms with Crippen LogP contribution in [0.4, 0.5) is 0 Å². The first kappa shape index (κ1) is 15.3. The fourth-order valence-corrected chi connectivity index (χ4v) is 7.72. The second kappa shape index (κ2) is 5.38. The minimum atomic E-state index is 0.578. The molecule has 4 saturated carbocycles. The summed E-state index contributed by atoms with van der Waals surface area (Å²) in [5.74, 6) is 4.20. The van der Waals surface area contributed by atoms with Gasteiger partial charge in [0.2, 0.25) is 0 Å². The van der Waals surface area contributed by atoms with E-state index in [-0.39, 0.29) is 0 Å². The lowest BCUT2D eigenvalue weighted by molar-refractivity contribution is -0.0972. The van der Waals surface area contributed by atoms with Crippen LogP contribution >= 0.6 is 0 Å². The summed E-state index contributed by atoms with van der Waals surface area (Å²) in [4.78, 5) is 0. The van der Waals surface area contributed by atoms with E-state index in [4.69, 9.17) is 0 Å². The Hall–Kier alpha value is -0.260. The van der Waals surface area contributed by atoms with Gasteiger partial charge in [-0.25, -0.2) is 0 Å². The van der Waals surface area contributed by atoms with Gasteiger partial charge in [-0.3, -0.25) is 0 Å². The van der Waals surface area contributed by atoms with Crippen molar-refractivity contribution < 1.29 is 0 Å². The largest absolute Gasteiger partial charge is 0.0850 e. The molecule has 6 atom stereocenters. The van der Waals surface area contributed by atoms with Crippen LogP contribution in [0.1, 0.15) is 91.4 Å². The van der Waals surface area contributed by atoms with Crippen LogP contribution in [0.3, 0.4) is 0 Å². The molecule has 0 heterocycles. The van der Waals surface area contributed by atoms with Gasteiger partial charge in [-0.15, -0.1) is 0 Å². The maximum Gasteiger partial charge on any atom is -0.00852 e. The lowest BCUT2D eigenvalue weighted by Gasteiger charge is -2.60. The van der Waals surface area contributed by atoms with E-state index >= 15 is 0 Å². The zero-order valence-corrected chi connectivity index (χ0v) is 15.2. The molecule has 0 aromatic carbocycles. The SMILES string of the molecule is CCC=C1CC[C@H]2[C@@H]3CC[C@H]4CCCC[C@]4(C)[C@H]3CC[C@]12C. The van der Waals surface area contributed by atoms with Crippen molar-refractivity contribution in [2.75, 3.05) is 0 Å². The van der Waals surface area contributed by atoms with Crippen LogP contribution in [0.5, 0.6) is 0 Å². The third-order valence-corrected chi connectivity index (χ3v) is 8.88. The Balaban J connectivity index is 1.63. The first-order chi connectivity index (χ1) is 10.6. The summed E-state index contributed by atoms with van der Waals surface area (Å²) >= 11 is 0. The Bertz CT molecular complexity index is 461. The highest BCUT2D eigenvalue weighted by molar-refractivity contribution is 5.24. The van der Waals surface area contributed by atoms with Crippen LogP contribution in [0.25, 0.3) is 0 Å². The number of fused-ring (bicyclic) bond motifs is 5. The summed E-state index contributed by atoms with van der Waals surface area (Å²) in [5, 5.41) is 0. The van der Waals surface area contributed by atoms with Gasteiger partial charge in [0.05, 0.1) is 0 Å². The molecule has 0 radical (unpaired) electrons. The van der Waals surface area contributed by atoms with Crippen molar-refractivity contribution >= 4 is 0 Å². The highest BCUT2D eigenvalue weighted by Crippen LogP contribution is 2.67. The van der Waals surface area contributed by atoms with Gasteiger partial charge in [0, 0.05) is 0 Å². The zero-order valence-electron chi connectivity index (χ0n) is 15.2. The number of allylic oxidation sites excluding steroid dienone is 2. The van der Waals surface area contributed by atoms with Gasteiger partial charge in [0.25, 0.3) is 0 Å². The predicted octanol–water partition coefficient (Wildman–Crippen LogP) is 6.76. The van der Waals surface area contributed by atoms with E-state index in [2.05, 4.69) is 26.8 Å². The minimum absolute atomic E-state index is 0.578. The van der Waals surface area contributed by atoms with E-state index < -0.39 is 0 Å². The molecule has 0 aromatic heterocycles. The highest BCUT2D eigenvalue weighted by Gasteiger charge is 2.58. The number of hydrogen-bond donors (Lipinski definition) is 0. The molecule has 0 saturated heterocycles. The van der Waals surface area contributed by atoms with Crippen LogP contribution in [-0.2, 0) is 0 Å². The molecule has 0 N–H and O–H groups in total. The summed E-state index contributed by atoms with van der Waals surface area (Å²) in [7, 11) is 0. The molecule has 0 heteroatoms. The van der Waals surface area contributed by atoms with Crippen LogP contribution in [0.2, 0.25) is 0 Å². The minimum Gasteiger partial charge on any atom is -0.0850 e. The topological polar surface area (TPSA) is 0 Å². The molecule has 4 aliphatic carbocycles. The van der Waals surface area contributed by atoms with Crippen LogP contribution in [0, 0.1) is 34.5 Å². The van der Waals surface area contributed by atoms with E-state index in [9.17, 15) is 0 Å². The van der Waals surface area contributed by atoms with E-state index in [0.29, 0.717) is 10.8 Å². The third kappa shape index (κ3) is 2.01. The van der Waals surface area contributed by atoms with Crippen molar-refractivity contribution in [2.45, 2.75) is 91.4 Å². The predicted molar refractivity (Wildman–Crippen MR) is 94.7 cm³/mol. The van der Waals surface area contributed by atoms with Gasteiger partial charge in [-0.1, -0.05) is 45.3 Å². The molecule has 124 valence electrons. The molecule has 4 fully saturated rings. The van der Waals surface area contributed by atoms with Crippen LogP contribution in [0.15, 0.2) is 11.6 Å². The van der Waals surface area contributed by atoms with Crippen molar-refractivity contribution in [2.24, 2.45) is 34.5 Å². The molecule has 0 aromatic rings. The smallest absolute Gasteiger partial charge is 0.00852 e. The average Bonchev–Trinajstić information content (AvgIpc) is 2.84. The van der Waals surface area contributed by atoms with Gasteiger partial charge >= 0.3 is 0 Å². The molecule has 22 heavy (non-hydrogen) atoms. The van der Waals surface area contributed by atoms with Crippen molar-refractivity contribution in [1.82, 2.24) is 0 Å². The molecule has 4 aliphatic rings. The molecular weight excluding hydrogens is 264 g/mol. The quantitative estimate of drug-likeness (QED) is 0.469. The summed E-state index contributed by atoms with van der Waals surface area (Å²) in [6.07, 6.45) is 19.0. The van der Waals surface area contributed by atoms with Crippen molar-refractivity contribution in [3.8, 4) is 0 Å². The van der Waals surface area contributed by atoms with E-state index in [1.807, 2.05) is 5.57 Å². The van der Waals surface area contributed by atoms with Crippen molar-refractivity contribution in [3.63, 3.8) is 0 Å². The second-order valence-electron chi connectivity index (χ2n) is 9.54. The van der Waals surface area contributed by atoms with Crippen LogP contribution < -0.4 is 0 Å². The molecule has 0 spiro atoms. The van der Waals surface area contributed by atoms with Gasteiger partial charge < -0.3 is 0 Å². The Labute approximate surface area is 138 Å². The Morgan fingerprint density at radius 2 is 1.82 bits per heavy atom. The maximum absolute atomic E-state index is 2.70. The first-order valence-electron chi connectivity index (χ1n) is 10.3. The summed E-state index contributed by atoms with van der Waals surface area (Å²) in [6.45, 7) is 7.66. The summed E-state index contributed by atoms with van der Waals surface area (Å²) < 4.78 is 0. The van der Waals surface area contributed by atoms with E-state index in [1.165, 1.54) is 44.9 Å². The normalized spacial score (nSPS) is 53.0. The van der Waals surface area contributed by atoms with E-state index in [1.54, 1.807) is 25.7 Å². The van der Waals surface area contributed by atoms with Gasteiger partial charge in [0.1, 0.15) is 0 Å². The Kier molecular flexibility index (Phi) is 3.74. The van der Waals surface area contributed by atoms with Crippen LogP contribution in [-0.4, -0.2) is 0 Å². The monoisotopic (exact) mass is 300 g/mol. The molecule has 0 aliphatic heterocycles. The summed E-state index contributed by atoms with van der Waals surface area (Å²) in [6, 6.07) is 0. The summed E-state index contributed by atoms with van der Waals surface area (Å²) in [5.41, 5.74) is 3.13. The molecule has 0 bridgehead atoms. The third-order valence-electron chi connectivity index (χ3n) is 8.88. The lowest BCUT2D eigenvalue weighted by atomic mass is 9.45. The average molecular weight is 301 g/mol. The lowest BCUT2D eigenvalue weighted by Crippen LogP contribution is -2.52. The van der Waals surface area contributed by atoms with Crippen molar-refractivity contribution in [3.05, 3.63) is 11.6 Å². The van der Waals surface area contributed by atoms with Gasteiger partial charge in [0.15, 0.2) is 0 Å². The Morgan fingerprint density at radius 1 is 0.955 bits per heavy atom. The molecular formula is C22H36. The highest BCUT2D eigenvalue weighted by atomic mass is 14.6. The first-order valence-corrected chi connectivity index (χ1v) is 10.3. The standard InChI is InChI=1S/C22H36/c1-4-7-16-10-12-19-18-11-9-17-8-5-6-14-21(17,2)20(18)13-15-22(16,19)3/h7,17-20H,4-6,8-15H2,1-3H3/t17-,18+,19+,20+,21+,22-/m1/s1. The second-order valence-corrected chi connectivity index (χ2v) is 9.54.